The molecule has 0 amide bonds. The van der Waals surface area contributed by atoms with Crippen LogP contribution in [0.25, 0.3) is 0 Å². The van der Waals surface area contributed by atoms with Crippen LogP contribution in [-0.4, -0.2) is 22.6 Å². The summed E-state index contributed by atoms with van der Waals surface area (Å²) in [5.41, 5.74) is 1.13. The average Bonchev–Trinajstić information content (AvgIpc) is 3.09. The van der Waals surface area contributed by atoms with E-state index in [1.165, 1.54) is 23.9 Å². The molecule has 0 saturated carbocycles. The number of thioether (sulfide) groups is 1. The molecule has 0 aliphatic carbocycles. The van der Waals surface area contributed by atoms with E-state index >= 15 is 0 Å². The van der Waals surface area contributed by atoms with E-state index in [-0.39, 0.29) is 12.4 Å². The molecule has 0 unspecified atom stereocenters. The number of benzene rings is 2. The van der Waals surface area contributed by atoms with E-state index in [0.717, 1.165) is 23.5 Å². The fourth-order valence-electron chi connectivity index (χ4n) is 2.14. The van der Waals surface area contributed by atoms with Gasteiger partial charge in [-0.25, -0.2) is 4.39 Å². The molecular formula is C19H19FN2O3S. The zero-order chi connectivity index (χ0) is 18.2. The number of hydrogen-bond acceptors (Lipinski definition) is 6. The summed E-state index contributed by atoms with van der Waals surface area (Å²) in [5, 5.41) is 8.48. The van der Waals surface area contributed by atoms with Crippen LogP contribution in [0, 0.1) is 12.7 Å². The molecule has 136 valence electrons. The van der Waals surface area contributed by atoms with Crippen LogP contribution in [0.5, 0.6) is 11.5 Å². The summed E-state index contributed by atoms with van der Waals surface area (Å²) in [4.78, 5) is 0. The van der Waals surface area contributed by atoms with Crippen molar-refractivity contribution in [2.75, 3.05) is 12.4 Å². The Morgan fingerprint density at radius 1 is 1.04 bits per heavy atom. The van der Waals surface area contributed by atoms with Crippen molar-refractivity contribution in [3.05, 3.63) is 65.8 Å². The highest BCUT2D eigenvalue weighted by Crippen LogP contribution is 2.19. The number of hydrogen-bond donors (Lipinski definition) is 0. The summed E-state index contributed by atoms with van der Waals surface area (Å²) in [6, 6.07) is 13.8. The van der Waals surface area contributed by atoms with Gasteiger partial charge in [0, 0.05) is 5.75 Å². The normalized spacial score (nSPS) is 10.7. The van der Waals surface area contributed by atoms with Crippen LogP contribution in [0.3, 0.4) is 0 Å². The van der Waals surface area contributed by atoms with Crippen molar-refractivity contribution in [1.82, 2.24) is 10.2 Å². The van der Waals surface area contributed by atoms with Crippen molar-refractivity contribution < 1.29 is 18.3 Å². The second-order valence-corrected chi connectivity index (χ2v) is 6.62. The van der Waals surface area contributed by atoms with Gasteiger partial charge in [0.1, 0.15) is 17.3 Å². The molecule has 1 heterocycles. The maximum Gasteiger partial charge on any atom is 0.276 e. The molecule has 0 fully saturated rings. The number of nitrogens with zero attached hydrogens (tertiary/aromatic N) is 2. The second kappa shape index (κ2) is 9.24. The highest BCUT2D eigenvalue weighted by atomic mass is 32.2. The molecule has 3 rings (SSSR count). The molecule has 0 atom stereocenters. The third-order valence-corrected chi connectivity index (χ3v) is 4.30. The first-order chi connectivity index (χ1) is 12.7. The monoisotopic (exact) mass is 374 g/mol. The number of aryl methyl sites for hydroxylation is 1. The molecule has 3 aromatic rings. The van der Waals surface area contributed by atoms with E-state index in [1.54, 1.807) is 12.1 Å². The van der Waals surface area contributed by atoms with Gasteiger partial charge in [-0.3, -0.25) is 0 Å². The Balaban J connectivity index is 1.35. The Morgan fingerprint density at radius 2 is 1.88 bits per heavy atom. The van der Waals surface area contributed by atoms with E-state index in [1.807, 2.05) is 31.2 Å². The molecule has 0 aliphatic rings. The van der Waals surface area contributed by atoms with Gasteiger partial charge in [-0.15, -0.1) is 10.2 Å². The third-order valence-electron chi connectivity index (χ3n) is 3.40. The molecule has 5 nitrogen and oxygen atoms in total. The average molecular weight is 374 g/mol. The van der Waals surface area contributed by atoms with Gasteiger partial charge in [-0.1, -0.05) is 23.9 Å². The Bertz CT molecular complexity index is 824. The first-order valence-electron chi connectivity index (χ1n) is 8.22. The topological polar surface area (TPSA) is 57.4 Å². The molecule has 26 heavy (non-hydrogen) atoms. The number of halogens is 1. The van der Waals surface area contributed by atoms with E-state index in [2.05, 4.69) is 10.2 Å². The Labute approximate surface area is 155 Å². The maximum absolute atomic E-state index is 12.8. The van der Waals surface area contributed by atoms with Crippen LogP contribution in [0.2, 0.25) is 0 Å². The minimum atomic E-state index is -0.272. The van der Waals surface area contributed by atoms with Crippen LogP contribution in [0.4, 0.5) is 4.39 Å². The van der Waals surface area contributed by atoms with Gasteiger partial charge in [0.25, 0.3) is 11.1 Å². The Morgan fingerprint density at radius 3 is 2.69 bits per heavy atom. The second-order valence-electron chi connectivity index (χ2n) is 5.57. The molecule has 0 saturated heterocycles. The third kappa shape index (κ3) is 5.77. The van der Waals surface area contributed by atoms with Crippen LogP contribution >= 0.6 is 11.8 Å². The molecule has 7 heteroatoms. The van der Waals surface area contributed by atoms with Gasteiger partial charge in [-0.2, -0.15) is 0 Å². The maximum atomic E-state index is 12.8. The molecule has 0 bridgehead atoms. The predicted molar refractivity (Wildman–Crippen MR) is 97.0 cm³/mol. The van der Waals surface area contributed by atoms with Crippen LogP contribution in [-0.2, 0) is 6.61 Å². The first-order valence-corrected chi connectivity index (χ1v) is 9.20. The summed E-state index contributed by atoms with van der Waals surface area (Å²) < 4.78 is 29.5. The van der Waals surface area contributed by atoms with Crippen molar-refractivity contribution in [3.63, 3.8) is 0 Å². The summed E-state index contributed by atoms with van der Waals surface area (Å²) in [5.74, 6) is 2.38. The summed E-state index contributed by atoms with van der Waals surface area (Å²) in [6.45, 7) is 2.79. The van der Waals surface area contributed by atoms with Gasteiger partial charge >= 0.3 is 0 Å². The minimum absolute atomic E-state index is 0.241. The van der Waals surface area contributed by atoms with Crippen molar-refractivity contribution in [2.45, 2.75) is 25.2 Å². The highest BCUT2D eigenvalue weighted by molar-refractivity contribution is 7.99. The Hall–Kier alpha value is -2.54. The molecule has 0 spiro atoms. The summed E-state index contributed by atoms with van der Waals surface area (Å²) in [6.07, 6.45) is 0.805. The fourth-order valence-corrected chi connectivity index (χ4v) is 2.83. The lowest BCUT2D eigenvalue weighted by atomic mass is 10.2. The molecular weight excluding hydrogens is 355 g/mol. The van der Waals surface area contributed by atoms with Crippen LogP contribution in [0.1, 0.15) is 17.9 Å². The zero-order valence-corrected chi connectivity index (χ0v) is 15.2. The number of aromatic nitrogens is 2. The smallest absolute Gasteiger partial charge is 0.276 e. The largest absolute Gasteiger partial charge is 0.494 e. The summed E-state index contributed by atoms with van der Waals surface area (Å²) >= 11 is 1.47. The number of ether oxygens (including phenoxy) is 2. The molecule has 1 aromatic heterocycles. The lowest BCUT2D eigenvalue weighted by molar-refractivity contribution is 0.252. The SMILES string of the molecule is Cc1cccc(OCc2nnc(SCCCOc3ccc(F)cc3)o2)c1. The highest BCUT2D eigenvalue weighted by Gasteiger charge is 2.07. The Kier molecular flexibility index (Phi) is 6.49. The van der Waals surface area contributed by atoms with Gasteiger partial charge < -0.3 is 13.9 Å². The van der Waals surface area contributed by atoms with Gasteiger partial charge in [0.2, 0.25) is 0 Å². The van der Waals surface area contributed by atoms with Crippen molar-refractivity contribution in [1.29, 1.82) is 0 Å². The van der Waals surface area contributed by atoms with Gasteiger partial charge in [0.05, 0.1) is 6.61 Å². The van der Waals surface area contributed by atoms with Crippen LogP contribution in [0.15, 0.2) is 58.2 Å². The van der Waals surface area contributed by atoms with Crippen LogP contribution < -0.4 is 9.47 Å². The lowest BCUT2D eigenvalue weighted by Crippen LogP contribution is -1.98. The van der Waals surface area contributed by atoms with E-state index in [4.69, 9.17) is 13.9 Å². The predicted octanol–water partition coefficient (Wildman–Crippen LogP) is 4.66. The van der Waals surface area contributed by atoms with E-state index in [9.17, 15) is 4.39 Å². The van der Waals surface area contributed by atoms with E-state index in [0.29, 0.717) is 23.5 Å². The quantitative estimate of drug-likeness (QED) is 0.401. The minimum Gasteiger partial charge on any atom is -0.494 e. The molecule has 0 N–H and O–H groups in total. The zero-order valence-electron chi connectivity index (χ0n) is 14.4. The van der Waals surface area contributed by atoms with Crippen molar-refractivity contribution in [3.8, 4) is 11.5 Å². The van der Waals surface area contributed by atoms with Crippen molar-refractivity contribution in [2.24, 2.45) is 0 Å². The lowest BCUT2D eigenvalue weighted by Gasteiger charge is -2.04. The fraction of sp³-hybridized carbons (Fsp3) is 0.263. The van der Waals surface area contributed by atoms with Gasteiger partial charge in [0.15, 0.2) is 6.61 Å². The molecule has 0 radical (unpaired) electrons. The first kappa shape index (κ1) is 18.3. The van der Waals surface area contributed by atoms with E-state index < -0.39 is 0 Å². The standard InChI is InChI=1S/C19H19FN2O3S/c1-14-4-2-5-17(12-14)24-13-18-21-22-19(25-18)26-11-3-10-23-16-8-6-15(20)7-9-16/h2,4-9,12H,3,10-11,13H2,1H3. The van der Waals surface area contributed by atoms with Gasteiger partial charge in [-0.05, 0) is 55.3 Å². The van der Waals surface area contributed by atoms with Crippen molar-refractivity contribution >= 4 is 11.8 Å². The molecule has 0 aliphatic heterocycles. The molecule has 2 aromatic carbocycles. The number of rotatable bonds is 9. The summed E-state index contributed by atoms with van der Waals surface area (Å²) in [7, 11) is 0.